The van der Waals surface area contributed by atoms with Crippen molar-refractivity contribution in [2.45, 2.75) is 13.8 Å². The molecule has 0 radical (unpaired) electrons. The lowest BCUT2D eigenvalue weighted by Crippen LogP contribution is -1.93. The summed E-state index contributed by atoms with van der Waals surface area (Å²) in [7, 11) is 0. The molecule has 2 N–H and O–H groups in total. The second-order valence-corrected chi connectivity index (χ2v) is 6.19. The highest BCUT2D eigenvalue weighted by Crippen LogP contribution is 2.29. The summed E-state index contributed by atoms with van der Waals surface area (Å²) in [5.41, 5.74) is 0. The molecule has 0 aliphatic heterocycles. The Hall–Kier alpha value is -3.40. The molecule has 0 unspecified atom stereocenters. The Bertz CT molecular complexity index is 1070. The lowest BCUT2D eigenvalue weighted by atomic mass is 10.1. The van der Waals surface area contributed by atoms with E-state index >= 15 is 0 Å². The average molecular weight is 376 g/mol. The molecule has 0 aliphatic carbocycles. The van der Waals surface area contributed by atoms with E-state index in [-0.39, 0.29) is 11.5 Å². The number of benzene rings is 4. The third-order valence-corrected chi connectivity index (χ3v) is 4.26. The van der Waals surface area contributed by atoms with Crippen molar-refractivity contribution in [2.24, 2.45) is 0 Å². The van der Waals surface area contributed by atoms with Crippen molar-refractivity contribution in [1.82, 2.24) is 0 Å². The lowest BCUT2D eigenvalue weighted by Gasteiger charge is -2.09. The Balaban J connectivity index is 0.000000167. The van der Waals surface area contributed by atoms with E-state index in [0.29, 0.717) is 13.2 Å². The largest absolute Gasteiger partial charge is 0.508 e. The Morgan fingerprint density at radius 2 is 1.36 bits per heavy atom. The van der Waals surface area contributed by atoms with Crippen LogP contribution in [0, 0.1) is 0 Å². The summed E-state index contributed by atoms with van der Waals surface area (Å²) in [5.74, 6) is 2.30. The summed E-state index contributed by atoms with van der Waals surface area (Å²) in [4.78, 5) is 0. The molecule has 0 aliphatic rings. The van der Waals surface area contributed by atoms with Gasteiger partial charge in [-0.25, -0.2) is 0 Å². The highest BCUT2D eigenvalue weighted by molar-refractivity contribution is 5.90. The SMILES string of the molecule is CCOc1ccc2c(OCC)cccc2c1.Oc1ccc2c(O)cccc2c1. The third-order valence-electron chi connectivity index (χ3n) is 4.26. The summed E-state index contributed by atoms with van der Waals surface area (Å²) < 4.78 is 11.1. The first-order valence-corrected chi connectivity index (χ1v) is 9.31. The molecule has 4 aromatic rings. The molecule has 0 amide bonds. The van der Waals surface area contributed by atoms with Crippen LogP contribution in [0.5, 0.6) is 23.0 Å². The molecular weight excluding hydrogens is 352 g/mol. The molecule has 4 heteroatoms. The monoisotopic (exact) mass is 376 g/mol. The second kappa shape index (κ2) is 9.00. The molecule has 4 aromatic carbocycles. The number of rotatable bonds is 4. The third kappa shape index (κ3) is 4.46. The number of hydrogen-bond donors (Lipinski definition) is 2. The van der Waals surface area contributed by atoms with Gasteiger partial charge in [-0.1, -0.05) is 24.3 Å². The van der Waals surface area contributed by atoms with Crippen molar-refractivity contribution in [3.05, 3.63) is 72.8 Å². The van der Waals surface area contributed by atoms with Gasteiger partial charge in [0.15, 0.2) is 0 Å². The number of fused-ring (bicyclic) bond motifs is 2. The molecule has 0 bridgehead atoms. The summed E-state index contributed by atoms with van der Waals surface area (Å²) >= 11 is 0. The van der Waals surface area contributed by atoms with E-state index in [0.717, 1.165) is 33.0 Å². The molecule has 28 heavy (non-hydrogen) atoms. The molecule has 0 saturated carbocycles. The van der Waals surface area contributed by atoms with E-state index in [2.05, 4.69) is 6.07 Å². The standard InChI is InChI=1S/C14H16O2.C10H8O2/c1-3-15-12-8-9-13-11(10-12)6-5-7-14(13)16-4-2;11-8-4-5-9-7(6-8)2-1-3-10(9)12/h5-10H,3-4H2,1-2H3;1-6,11-12H. The molecular formula is C24H24O4. The Morgan fingerprint density at radius 1 is 0.679 bits per heavy atom. The maximum absolute atomic E-state index is 9.38. The van der Waals surface area contributed by atoms with Crippen molar-refractivity contribution in [3.63, 3.8) is 0 Å². The molecule has 144 valence electrons. The van der Waals surface area contributed by atoms with Crippen LogP contribution < -0.4 is 9.47 Å². The molecule has 4 nitrogen and oxygen atoms in total. The maximum atomic E-state index is 9.38. The predicted octanol–water partition coefficient (Wildman–Crippen LogP) is 5.89. The van der Waals surface area contributed by atoms with Crippen LogP contribution in [0.1, 0.15) is 13.8 Å². The highest BCUT2D eigenvalue weighted by Gasteiger charge is 2.02. The summed E-state index contributed by atoms with van der Waals surface area (Å²) in [6.45, 7) is 5.36. The van der Waals surface area contributed by atoms with Crippen LogP contribution in [-0.2, 0) is 0 Å². The van der Waals surface area contributed by atoms with Crippen LogP contribution in [-0.4, -0.2) is 23.4 Å². The van der Waals surface area contributed by atoms with Crippen LogP contribution in [0.25, 0.3) is 21.5 Å². The van der Waals surface area contributed by atoms with Gasteiger partial charge >= 0.3 is 0 Å². The van der Waals surface area contributed by atoms with E-state index < -0.39 is 0 Å². The van der Waals surface area contributed by atoms with E-state index in [4.69, 9.17) is 14.6 Å². The average Bonchev–Trinajstić information content (AvgIpc) is 2.69. The van der Waals surface area contributed by atoms with Crippen molar-refractivity contribution in [1.29, 1.82) is 0 Å². The first-order valence-electron chi connectivity index (χ1n) is 9.31. The van der Waals surface area contributed by atoms with E-state index in [1.165, 1.54) is 0 Å². The summed E-state index contributed by atoms with van der Waals surface area (Å²) in [5, 5.41) is 22.4. The van der Waals surface area contributed by atoms with Gasteiger partial charge in [0.25, 0.3) is 0 Å². The van der Waals surface area contributed by atoms with E-state index in [1.807, 2.05) is 50.2 Å². The topological polar surface area (TPSA) is 58.9 Å². The Kier molecular flexibility index (Phi) is 6.22. The first kappa shape index (κ1) is 19.4. The number of phenolic OH excluding ortho intramolecular Hbond substituents is 2. The summed E-state index contributed by atoms with van der Waals surface area (Å²) in [6, 6.07) is 22.2. The predicted molar refractivity (Wildman–Crippen MR) is 114 cm³/mol. The molecule has 0 heterocycles. The van der Waals surface area contributed by atoms with Crippen LogP contribution in [0.2, 0.25) is 0 Å². The molecule has 0 atom stereocenters. The number of ether oxygens (including phenoxy) is 2. The van der Waals surface area contributed by atoms with Crippen LogP contribution in [0.4, 0.5) is 0 Å². The number of aromatic hydroxyl groups is 2. The van der Waals surface area contributed by atoms with Gasteiger partial charge in [0.1, 0.15) is 23.0 Å². The summed E-state index contributed by atoms with van der Waals surface area (Å²) in [6.07, 6.45) is 0. The quantitative estimate of drug-likeness (QED) is 0.466. The molecule has 4 rings (SSSR count). The number of hydrogen-bond acceptors (Lipinski definition) is 4. The fourth-order valence-electron chi connectivity index (χ4n) is 3.02. The van der Waals surface area contributed by atoms with Gasteiger partial charge in [0, 0.05) is 10.8 Å². The van der Waals surface area contributed by atoms with Gasteiger partial charge in [0.05, 0.1) is 13.2 Å². The van der Waals surface area contributed by atoms with Crippen molar-refractivity contribution in [3.8, 4) is 23.0 Å². The molecule has 0 spiro atoms. The zero-order valence-corrected chi connectivity index (χ0v) is 16.1. The molecule has 0 aromatic heterocycles. The Morgan fingerprint density at radius 3 is 2.11 bits per heavy atom. The van der Waals surface area contributed by atoms with Crippen LogP contribution in [0.15, 0.2) is 72.8 Å². The number of phenols is 2. The minimum atomic E-state index is 0.216. The lowest BCUT2D eigenvalue weighted by molar-refractivity contribution is 0.340. The Labute approximate surface area is 164 Å². The van der Waals surface area contributed by atoms with Crippen molar-refractivity contribution >= 4 is 21.5 Å². The van der Waals surface area contributed by atoms with Gasteiger partial charge in [-0.3, -0.25) is 0 Å². The maximum Gasteiger partial charge on any atom is 0.127 e. The van der Waals surface area contributed by atoms with Gasteiger partial charge in [-0.15, -0.1) is 0 Å². The van der Waals surface area contributed by atoms with Crippen LogP contribution in [0.3, 0.4) is 0 Å². The van der Waals surface area contributed by atoms with E-state index in [9.17, 15) is 5.11 Å². The first-order chi connectivity index (χ1) is 13.6. The van der Waals surface area contributed by atoms with Crippen molar-refractivity contribution < 1.29 is 19.7 Å². The van der Waals surface area contributed by atoms with Crippen LogP contribution >= 0.6 is 0 Å². The second-order valence-electron chi connectivity index (χ2n) is 6.19. The normalized spacial score (nSPS) is 10.4. The fraction of sp³-hybridized carbons (Fsp3) is 0.167. The van der Waals surface area contributed by atoms with Crippen molar-refractivity contribution in [2.75, 3.05) is 13.2 Å². The minimum Gasteiger partial charge on any atom is -0.508 e. The smallest absolute Gasteiger partial charge is 0.127 e. The minimum absolute atomic E-state index is 0.216. The fourth-order valence-corrected chi connectivity index (χ4v) is 3.02. The van der Waals surface area contributed by atoms with E-state index in [1.54, 1.807) is 30.3 Å². The van der Waals surface area contributed by atoms with Gasteiger partial charge in [-0.05, 0) is 73.2 Å². The molecule has 0 saturated heterocycles. The van der Waals surface area contributed by atoms with Gasteiger partial charge in [0.2, 0.25) is 0 Å². The highest BCUT2D eigenvalue weighted by atomic mass is 16.5. The zero-order chi connectivity index (χ0) is 19.9. The zero-order valence-electron chi connectivity index (χ0n) is 16.1. The molecule has 0 fully saturated rings. The van der Waals surface area contributed by atoms with Gasteiger partial charge < -0.3 is 19.7 Å². The van der Waals surface area contributed by atoms with Gasteiger partial charge in [-0.2, -0.15) is 0 Å².